The summed E-state index contributed by atoms with van der Waals surface area (Å²) in [6.07, 6.45) is -5.57. The number of fused-ring (bicyclic) bond motifs is 6. The lowest BCUT2D eigenvalue weighted by molar-refractivity contribution is -0.346. The lowest BCUT2D eigenvalue weighted by Gasteiger charge is -2.38. The summed E-state index contributed by atoms with van der Waals surface area (Å²) >= 11 is 0. The molecule has 0 radical (unpaired) electrons. The maximum Gasteiger partial charge on any atom is 0.460 e. The number of aromatic nitrogens is 1. The van der Waals surface area contributed by atoms with Gasteiger partial charge in [-0.05, 0) is 30.7 Å². The molecule has 3 saturated heterocycles. The standard InChI is InChI=1S/C21H12F7N5O3/c22-19(23,20(24,25)21(26,27)28)17(35)31-8-10-6-13(31)15-16(34)33(18(36)32(10)15)12-4-3-9(7-29)14-11(12)2-1-5-30-14/h1-5,10,13,15H,6,8H2. The van der Waals surface area contributed by atoms with Gasteiger partial charge in [-0.15, -0.1) is 0 Å². The number of rotatable bonds is 3. The summed E-state index contributed by atoms with van der Waals surface area (Å²) in [4.78, 5) is 44.6. The molecule has 1 aromatic carbocycles. The highest BCUT2D eigenvalue weighted by atomic mass is 19.4. The minimum Gasteiger partial charge on any atom is -0.330 e. The van der Waals surface area contributed by atoms with Crippen molar-refractivity contribution in [3.05, 3.63) is 36.0 Å². The number of pyridine rings is 1. The van der Waals surface area contributed by atoms with E-state index in [4.69, 9.17) is 0 Å². The van der Waals surface area contributed by atoms with Crippen molar-refractivity contribution in [1.29, 1.82) is 5.26 Å². The number of alkyl halides is 7. The molecule has 0 spiro atoms. The van der Waals surface area contributed by atoms with Gasteiger partial charge in [0.25, 0.3) is 11.8 Å². The second-order valence-electron chi connectivity index (χ2n) is 8.51. The van der Waals surface area contributed by atoms with Gasteiger partial charge in [-0.1, -0.05) is 0 Å². The van der Waals surface area contributed by atoms with E-state index in [2.05, 4.69) is 4.98 Å². The molecule has 15 heteroatoms. The minimum absolute atomic E-state index is 0.00714. The Morgan fingerprint density at radius 2 is 1.78 bits per heavy atom. The van der Waals surface area contributed by atoms with Crippen molar-refractivity contribution in [2.24, 2.45) is 0 Å². The zero-order valence-electron chi connectivity index (χ0n) is 17.6. The molecule has 4 heterocycles. The van der Waals surface area contributed by atoms with Crippen LogP contribution in [0.3, 0.4) is 0 Å². The van der Waals surface area contributed by atoms with Crippen LogP contribution < -0.4 is 4.90 Å². The first-order valence-corrected chi connectivity index (χ1v) is 10.3. The SMILES string of the molecule is N#Cc1ccc(N2C(=O)C3C4CC(CN4C(=O)C(F)(F)C(F)(F)C(F)(F)F)N3C2=O)c2cccnc12. The second kappa shape index (κ2) is 7.28. The van der Waals surface area contributed by atoms with Crippen LogP contribution in [0, 0.1) is 11.3 Å². The third-order valence-electron chi connectivity index (χ3n) is 6.65. The van der Waals surface area contributed by atoms with Gasteiger partial charge in [0, 0.05) is 18.1 Å². The fourth-order valence-corrected chi connectivity index (χ4v) is 5.05. The molecule has 0 aliphatic carbocycles. The number of imide groups is 1. The Bertz CT molecular complexity index is 1370. The number of benzene rings is 1. The molecule has 36 heavy (non-hydrogen) atoms. The average molecular weight is 515 g/mol. The van der Waals surface area contributed by atoms with Crippen molar-refractivity contribution in [3.8, 4) is 6.07 Å². The van der Waals surface area contributed by atoms with E-state index in [1.807, 2.05) is 6.07 Å². The number of hydrogen-bond acceptors (Lipinski definition) is 5. The van der Waals surface area contributed by atoms with Gasteiger partial charge >= 0.3 is 24.1 Å². The summed E-state index contributed by atoms with van der Waals surface area (Å²) in [7, 11) is 0. The Balaban J connectivity index is 1.50. The molecule has 4 amide bonds. The number of amides is 4. The molecule has 0 N–H and O–H groups in total. The van der Waals surface area contributed by atoms with Crippen LogP contribution in [-0.4, -0.2) is 75.3 Å². The number of hydrogen-bond donors (Lipinski definition) is 0. The van der Waals surface area contributed by atoms with Crippen LogP contribution in [0.4, 0.5) is 41.2 Å². The van der Waals surface area contributed by atoms with Crippen molar-refractivity contribution < 1.29 is 45.1 Å². The molecular weight excluding hydrogens is 503 g/mol. The predicted molar refractivity (Wildman–Crippen MR) is 105 cm³/mol. The number of likely N-dealkylation sites (tertiary alicyclic amines) is 1. The summed E-state index contributed by atoms with van der Waals surface area (Å²) in [5.74, 6) is -16.5. The molecule has 2 aromatic rings. The number of halogens is 7. The van der Waals surface area contributed by atoms with Crippen LogP contribution in [0.2, 0.25) is 0 Å². The van der Waals surface area contributed by atoms with E-state index >= 15 is 0 Å². The summed E-state index contributed by atoms with van der Waals surface area (Å²) in [6, 6.07) is 2.45. The first-order valence-electron chi connectivity index (χ1n) is 10.3. The number of urea groups is 1. The lowest BCUT2D eigenvalue weighted by Crippen LogP contribution is -2.64. The fraction of sp³-hybridized carbons (Fsp3) is 0.381. The minimum atomic E-state index is -6.70. The van der Waals surface area contributed by atoms with Crippen molar-refractivity contribution in [2.75, 3.05) is 11.4 Å². The molecule has 8 nitrogen and oxygen atoms in total. The molecule has 3 fully saturated rings. The Morgan fingerprint density at radius 1 is 1.08 bits per heavy atom. The Morgan fingerprint density at radius 3 is 2.42 bits per heavy atom. The van der Waals surface area contributed by atoms with Crippen molar-refractivity contribution >= 4 is 34.4 Å². The number of anilines is 1. The average Bonchev–Trinajstić information content (AvgIpc) is 3.48. The first-order chi connectivity index (χ1) is 16.7. The van der Waals surface area contributed by atoms with Crippen LogP contribution in [-0.2, 0) is 9.59 Å². The molecule has 5 rings (SSSR count). The maximum absolute atomic E-state index is 14.1. The van der Waals surface area contributed by atoms with Gasteiger partial charge in [0.1, 0.15) is 12.1 Å². The lowest BCUT2D eigenvalue weighted by atomic mass is 10.0. The zero-order chi connectivity index (χ0) is 26.4. The number of carbonyl (C=O) groups excluding carboxylic acids is 3. The van der Waals surface area contributed by atoms with Gasteiger partial charge in [-0.25, -0.2) is 9.69 Å². The highest BCUT2D eigenvalue weighted by molar-refractivity contribution is 6.25. The smallest absolute Gasteiger partial charge is 0.330 e. The van der Waals surface area contributed by atoms with Gasteiger partial charge in [-0.3, -0.25) is 14.6 Å². The summed E-state index contributed by atoms with van der Waals surface area (Å²) in [5, 5.41) is 9.52. The molecular formula is C21H12F7N5O3. The van der Waals surface area contributed by atoms with Crippen molar-refractivity contribution in [1.82, 2.24) is 14.8 Å². The molecule has 3 unspecified atom stereocenters. The fourth-order valence-electron chi connectivity index (χ4n) is 5.05. The molecule has 188 valence electrons. The van der Waals surface area contributed by atoms with E-state index in [1.54, 1.807) is 0 Å². The third kappa shape index (κ3) is 2.86. The monoisotopic (exact) mass is 515 g/mol. The topological polar surface area (TPSA) is 97.6 Å². The van der Waals surface area contributed by atoms with Crippen LogP contribution in [0.15, 0.2) is 30.5 Å². The molecule has 3 aliphatic heterocycles. The molecule has 2 bridgehead atoms. The molecule has 0 saturated carbocycles. The van der Waals surface area contributed by atoms with Crippen LogP contribution >= 0.6 is 0 Å². The van der Waals surface area contributed by atoms with E-state index in [9.17, 15) is 50.4 Å². The molecule has 3 aliphatic rings. The number of piperazine rings is 1. The van der Waals surface area contributed by atoms with E-state index in [1.165, 1.54) is 30.5 Å². The molecule has 1 aromatic heterocycles. The Labute approximate surface area is 196 Å². The highest BCUT2D eigenvalue weighted by Crippen LogP contribution is 2.50. The maximum atomic E-state index is 14.1. The van der Waals surface area contributed by atoms with E-state index in [0.717, 1.165) is 4.90 Å². The van der Waals surface area contributed by atoms with E-state index in [0.29, 0.717) is 4.90 Å². The predicted octanol–water partition coefficient (Wildman–Crippen LogP) is 3.06. The zero-order valence-corrected chi connectivity index (χ0v) is 17.6. The summed E-state index contributed by atoms with van der Waals surface area (Å²) in [6.45, 7) is -0.744. The normalized spacial score (nSPS) is 24.1. The van der Waals surface area contributed by atoms with Crippen LogP contribution in [0.25, 0.3) is 10.9 Å². The number of carbonyl (C=O) groups is 3. The Kier molecular flexibility index (Phi) is 4.80. The first kappa shape index (κ1) is 23.8. The van der Waals surface area contributed by atoms with Gasteiger partial charge in [0.15, 0.2) is 0 Å². The van der Waals surface area contributed by atoms with E-state index < -0.39 is 60.5 Å². The quantitative estimate of drug-likeness (QED) is 0.463. The van der Waals surface area contributed by atoms with Gasteiger partial charge in [0.2, 0.25) is 0 Å². The third-order valence-corrected chi connectivity index (χ3v) is 6.65. The number of nitrogens with zero attached hydrogens (tertiary/aromatic N) is 5. The number of nitriles is 1. The summed E-state index contributed by atoms with van der Waals surface area (Å²) < 4.78 is 92.9. The van der Waals surface area contributed by atoms with E-state index in [-0.39, 0.29) is 33.5 Å². The second-order valence-corrected chi connectivity index (χ2v) is 8.51. The molecule has 3 atom stereocenters. The van der Waals surface area contributed by atoms with Crippen molar-refractivity contribution in [3.63, 3.8) is 0 Å². The van der Waals surface area contributed by atoms with Crippen molar-refractivity contribution in [2.45, 2.75) is 42.6 Å². The van der Waals surface area contributed by atoms with Crippen LogP contribution in [0.1, 0.15) is 12.0 Å². The van der Waals surface area contributed by atoms with Crippen LogP contribution in [0.5, 0.6) is 0 Å². The largest absolute Gasteiger partial charge is 0.460 e. The van der Waals surface area contributed by atoms with Gasteiger partial charge in [0.05, 0.1) is 28.9 Å². The van der Waals surface area contributed by atoms with Gasteiger partial charge in [-0.2, -0.15) is 36.0 Å². The van der Waals surface area contributed by atoms with Gasteiger partial charge < -0.3 is 9.80 Å². The summed E-state index contributed by atoms with van der Waals surface area (Å²) in [5.41, 5.74) is 0.310. The highest BCUT2D eigenvalue weighted by Gasteiger charge is 2.78. The Hall–Kier alpha value is -3.96.